The SMILES string of the molecule is NN1C=C(c2cccc(C3=CNNC(c4ccccc4-c4ccccc4)N3)c2)NC1c1ccccc1-c1ccccc1. The van der Waals surface area contributed by atoms with Gasteiger partial charge in [0.1, 0.15) is 12.3 Å². The largest absolute Gasteiger partial charge is 0.363 e. The molecular weight excluding hydrogens is 516 g/mol. The lowest BCUT2D eigenvalue weighted by Crippen LogP contribution is -2.44. The van der Waals surface area contributed by atoms with Gasteiger partial charge < -0.3 is 16.1 Å². The molecule has 2 unspecified atom stereocenters. The summed E-state index contributed by atoms with van der Waals surface area (Å²) in [7, 11) is 0. The van der Waals surface area contributed by atoms with Gasteiger partial charge in [-0.2, -0.15) is 0 Å². The normalized spacial score (nSPS) is 17.9. The van der Waals surface area contributed by atoms with Crippen LogP contribution in [0.4, 0.5) is 0 Å². The van der Waals surface area contributed by atoms with Gasteiger partial charge in [0.05, 0.1) is 11.4 Å². The first-order valence-corrected chi connectivity index (χ1v) is 14.1. The van der Waals surface area contributed by atoms with Crippen molar-refractivity contribution in [3.05, 3.63) is 168 Å². The fraction of sp³-hybridized carbons (Fsp3) is 0.0556. The van der Waals surface area contributed by atoms with Gasteiger partial charge in [-0.3, -0.25) is 5.01 Å². The van der Waals surface area contributed by atoms with Crippen molar-refractivity contribution in [2.24, 2.45) is 5.84 Å². The summed E-state index contributed by atoms with van der Waals surface area (Å²) in [5, 5.41) is 9.12. The molecule has 0 amide bonds. The molecule has 0 bridgehead atoms. The van der Waals surface area contributed by atoms with Crippen molar-refractivity contribution in [3.63, 3.8) is 0 Å². The van der Waals surface area contributed by atoms with Crippen LogP contribution >= 0.6 is 0 Å². The van der Waals surface area contributed by atoms with Crippen LogP contribution in [0.3, 0.4) is 0 Å². The number of rotatable bonds is 6. The van der Waals surface area contributed by atoms with Crippen molar-refractivity contribution in [1.82, 2.24) is 26.5 Å². The zero-order valence-corrected chi connectivity index (χ0v) is 23.0. The molecule has 0 spiro atoms. The van der Waals surface area contributed by atoms with Crippen LogP contribution in [-0.2, 0) is 0 Å². The molecule has 0 aliphatic carbocycles. The summed E-state index contributed by atoms with van der Waals surface area (Å²) in [5.41, 5.74) is 17.7. The second-order valence-electron chi connectivity index (χ2n) is 10.4. The molecule has 0 aromatic heterocycles. The monoisotopic (exact) mass is 548 g/mol. The maximum Gasteiger partial charge on any atom is 0.140 e. The van der Waals surface area contributed by atoms with E-state index < -0.39 is 0 Å². The van der Waals surface area contributed by atoms with Crippen LogP contribution in [0.15, 0.2) is 146 Å². The Kier molecular flexibility index (Phi) is 6.90. The second-order valence-corrected chi connectivity index (χ2v) is 10.4. The highest BCUT2D eigenvalue weighted by molar-refractivity contribution is 5.75. The number of nitrogens with one attached hydrogen (secondary N) is 4. The average molecular weight is 549 g/mol. The van der Waals surface area contributed by atoms with Crippen LogP contribution in [0.5, 0.6) is 0 Å². The Labute approximate surface area is 246 Å². The first-order chi connectivity index (χ1) is 20.7. The summed E-state index contributed by atoms with van der Waals surface area (Å²) in [6, 6.07) is 46.3. The third-order valence-corrected chi connectivity index (χ3v) is 7.79. The lowest BCUT2D eigenvalue weighted by Gasteiger charge is -2.30. The molecule has 42 heavy (non-hydrogen) atoms. The third-order valence-electron chi connectivity index (χ3n) is 7.79. The highest BCUT2D eigenvalue weighted by atomic mass is 15.5. The molecule has 0 radical (unpaired) electrons. The average Bonchev–Trinajstić information content (AvgIpc) is 3.47. The van der Waals surface area contributed by atoms with Crippen molar-refractivity contribution in [2.45, 2.75) is 12.3 Å². The van der Waals surface area contributed by atoms with E-state index in [1.54, 1.807) is 5.01 Å². The first kappa shape index (κ1) is 25.7. The van der Waals surface area contributed by atoms with E-state index in [4.69, 9.17) is 5.84 Å². The minimum Gasteiger partial charge on any atom is -0.363 e. The molecule has 6 heteroatoms. The molecular formula is C36H32N6. The van der Waals surface area contributed by atoms with Gasteiger partial charge in [-0.05, 0) is 45.0 Å². The maximum atomic E-state index is 6.56. The summed E-state index contributed by atoms with van der Waals surface area (Å²) >= 11 is 0. The van der Waals surface area contributed by atoms with Crippen LogP contribution in [0, 0.1) is 0 Å². The number of benzene rings is 5. The summed E-state index contributed by atoms with van der Waals surface area (Å²) in [5.74, 6) is 6.56. The predicted molar refractivity (Wildman–Crippen MR) is 170 cm³/mol. The number of hydrazine groups is 2. The predicted octanol–water partition coefficient (Wildman–Crippen LogP) is 6.49. The molecule has 0 fully saturated rings. The Morgan fingerprint density at radius 3 is 1.76 bits per heavy atom. The fourth-order valence-electron chi connectivity index (χ4n) is 5.73. The van der Waals surface area contributed by atoms with Gasteiger partial charge in [-0.1, -0.05) is 127 Å². The molecule has 2 atom stereocenters. The Hall–Kier alpha value is -5.30. The molecule has 6 nitrogen and oxygen atoms in total. The highest BCUT2D eigenvalue weighted by Gasteiger charge is 2.27. The van der Waals surface area contributed by atoms with E-state index in [1.807, 2.05) is 24.5 Å². The van der Waals surface area contributed by atoms with Crippen molar-refractivity contribution >= 4 is 11.4 Å². The van der Waals surface area contributed by atoms with Gasteiger partial charge in [-0.25, -0.2) is 11.3 Å². The molecule has 0 saturated heterocycles. The van der Waals surface area contributed by atoms with Crippen LogP contribution in [-0.4, -0.2) is 5.01 Å². The lowest BCUT2D eigenvalue weighted by molar-refractivity contribution is 0.294. The van der Waals surface area contributed by atoms with Crippen LogP contribution in [0.1, 0.15) is 34.6 Å². The van der Waals surface area contributed by atoms with Crippen molar-refractivity contribution in [1.29, 1.82) is 0 Å². The Morgan fingerprint density at radius 2 is 1.07 bits per heavy atom. The van der Waals surface area contributed by atoms with E-state index in [0.29, 0.717) is 0 Å². The zero-order chi connectivity index (χ0) is 28.3. The van der Waals surface area contributed by atoms with E-state index in [9.17, 15) is 0 Å². The molecule has 2 heterocycles. The Balaban J connectivity index is 1.13. The number of nitrogens with two attached hydrogens (primary N) is 1. The van der Waals surface area contributed by atoms with Gasteiger partial charge in [-0.15, -0.1) is 0 Å². The molecule has 2 aliphatic rings. The van der Waals surface area contributed by atoms with Gasteiger partial charge in [0, 0.05) is 18.0 Å². The van der Waals surface area contributed by atoms with Crippen LogP contribution in [0.2, 0.25) is 0 Å². The van der Waals surface area contributed by atoms with Gasteiger partial charge in [0.25, 0.3) is 0 Å². The van der Waals surface area contributed by atoms with Crippen molar-refractivity contribution in [2.75, 3.05) is 0 Å². The third kappa shape index (κ3) is 5.01. The Bertz CT molecular complexity index is 1750. The summed E-state index contributed by atoms with van der Waals surface area (Å²) in [4.78, 5) is 0. The second kappa shape index (κ2) is 11.3. The van der Waals surface area contributed by atoms with E-state index in [1.165, 1.54) is 16.7 Å². The summed E-state index contributed by atoms with van der Waals surface area (Å²) in [6.07, 6.45) is 3.64. The minimum absolute atomic E-state index is 0.118. The smallest absolute Gasteiger partial charge is 0.140 e. The van der Waals surface area contributed by atoms with E-state index in [0.717, 1.165) is 39.2 Å². The summed E-state index contributed by atoms with van der Waals surface area (Å²) < 4.78 is 0. The van der Waals surface area contributed by atoms with Crippen molar-refractivity contribution < 1.29 is 0 Å². The quantitative estimate of drug-likeness (QED) is 0.156. The van der Waals surface area contributed by atoms with Gasteiger partial charge >= 0.3 is 0 Å². The number of hydrogen-bond donors (Lipinski definition) is 5. The number of hydrogen-bond acceptors (Lipinski definition) is 6. The Morgan fingerprint density at radius 1 is 0.524 bits per heavy atom. The lowest BCUT2D eigenvalue weighted by atomic mass is 9.97. The zero-order valence-electron chi connectivity index (χ0n) is 23.0. The molecule has 206 valence electrons. The topological polar surface area (TPSA) is 77.4 Å². The molecule has 5 aromatic carbocycles. The van der Waals surface area contributed by atoms with Crippen molar-refractivity contribution in [3.8, 4) is 22.3 Å². The maximum absolute atomic E-state index is 6.56. The summed E-state index contributed by atoms with van der Waals surface area (Å²) in [6.45, 7) is 0. The van der Waals surface area contributed by atoms with E-state index in [2.05, 4.69) is 143 Å². The number of nitrogens with zero attached hydrogens (tertiary/aromatic N) is 1. The van der Waals surface area contributed by atoms with Crippen LogP contribution < -0.4 is 27.3 Å². The molecule has 0 saturated carbocycles. The standard InChI is InChI=1S/C36H32N6/c37-42-24-34(40-36(42)32-21-10-8-19-30(32)26-14-5-2-6-15-26)28-17-11-16-27(22-28)33-23-38-41-35(39-33)31-20-9-7-18-29(31)25-12-3-1-4-13-25/h1-24,35-36,38-41H,37H2. The molecule has 6 N–H and O–H groups in total. The highest BCUT2D eigenvalue weighted by Crippen LogP contribution is 2.35. The van der Waals surface area contributed by atoms with E-state index >= 15 is 0 Å². The van der Waals surface area contributed by atoms with E-state index in [-0.39, 0.29) is 12.3 Å². The molecule has 2 aliphatic heterocycles. The van der Waals surface area contributed by atoms with Gasteiger partial charge in [0.15, 0.2) is 0 Å². The first-order valence-electron chi connectivity index (χ1n) is 14.1. The fourth-order valence-corrected chi connectivity index (χ4v) is 5.73. The molecule has 7 rings (SSSR count). The van der Waals surface area contributed by atoms with Crippen LogP contribution in [0.25, 0.3) is 33.6 Å². The molecule has 5 aromatic rings. The minimum atomic E-state index is -0.184. The van der Waals surface area contributed by atoms with Gasteiger partial charge in [0.2, 0.25) is 0 Å².